The van der Waals surface area contributed by atoms with Gasteiger partial charge >= 0.3 is 13.2 Å². The lowest BCUT2D eigenvalue weighted by molar-refractivity contribution is -0.0505. The number of aliphatic imine (C=N–C) groups is 1. The van der Waals surface area contributed by atoms with E-state index < -0.39 is 13.2 Å². The lowest BCUT2D eigenvalue weighted by Crippen LogP contribution is -2.40. The molecule has 3 aromatic rings. The van der Waals surface area contributed by atoms with Crippen LogP contribution < -0.4 is 9.47 Å². The Bertz CT molecular complexity index is 1590. The predicted octanol–water partition coefficient (Wildman–Crippen LogP) is 8.39. The van der Waals surface area contributed by atoms with Crippen molar-refractivity contribution in [3.05, 3.63) is 116 Å². The minimum Gasteiger partial charge on any atom is -0.435 e. The van der Waals surface area contributed by atoms with Crippen molar-refractivity contribution in [1.82, 2.24) is 9.80 Å². The molecule has 0 spiro atoms. The fraction of sp³-hybridized carbons (Fsp3) is 0.194. The van der Waals surface area contributed by atoms with Crippen molar-refractivity contribution >= 4 is 44.6 Å². The maximum absolute atomic E-state index is 12.9. The maximum atomic E-state index is 12.9. The molecule has 6 rings (SSSR count). The zero-order chi connectivity index (χ0) is 29.4. The molecule has 0 N–H and O–H groups in total. The largest absolute Gasteiger partial charge is 0.435 e. The third kappa shape index (κ3) is 5.99. The molecule has 0 fully saturated rings. The van der Waals surface area contributed by atoms with Crippen LogP contribution in [0.4, 0.5) is 17.6 Å². The van der Waals surface area contributed by atoms with E-state index in [0.29, 0.717) is 13.1 Å². The van der Waals surface area contributed by atoms with Crippen molar-refractivity contribution in [3.63, 3.8) is 0 Å². The van der Waals surface area contributed by atoms with Gasteiger partial charge in [-0.25, -0.2) is 4.99 Å². The van der Waals surface area contributed by atoms with Crippen molar-refractivity contribution in [3.8, 4) is 11.5 Å². The van der Waals surface area contributed by atoms with E-state index >= 15 is 0 Å². The molecule has 3 aliphatic rings. The second-order valence-electron chi connectivity index (χ2n) is 9.91. The number of thioether (sulfide) groups is 1. The molecule has 0 saturated heterocycles. The number of amidine groups is 1. The first kappa shape index (κ1) is 28.6. The van der Waals surface area contributed by atoms with Crippen LogP contribution in [0.1, 0.15) is 22.7 Å². The minimum atomic E-state index is -2.91. The molecule has 216 valence electrons. The van der Waals surface area contributed by atoms with Gasteiger partial charge < -0.3 is 14.4 Å². The summed E-state index contributed by atoms with van der Waals surface area (Å²) in [6.07, 6.45) is 2.01. The van der Waals surface area contributed by atoms with Crippen LogP contribution in [0.5, 0.6) is 11.5 Å². The molecule has 3 aromatic carbocycles. The molecular formula is C31H24BrF4N3O2S. The number of nitrogens with zero attached hydrogens (tertiary/aromatic N) is 3. The summed E-state index contributed by atoms with van der Waals surface area (Å²) in [4.78, 5) is 9.53. The highest BCUT2D eigenvalue weighted by molar-refractivity contribution is 9.10. The smallest absolute Gasteiger partial charge is 0.387 e. The summed E-state index contributed by atoms with van der Waals surface area (Å²) < 4.78 is 61.1. The van der Waals surface area contributed by atoms with E-state index in [1.54, 1.807) is 24.3 Å². The van der Waals surface area contributed by atoms with Crippen LogP contribution in [0, 0.1) is 0 Å². The normalized spacial score (nSPS) is 19.7. The second kappa shape index (κ2) is 12.0. The summed E-state index contributed by atoms with van der Waals surface area (Å²) in [5, 5.41) is 2.89. The molecule has 3 aliphatic heterocycles. The van der Waals surface area contributed by atoms with Gasteiger partial charge in [-0.1, -0.05) is 64.1 Å². The van der Waals surface area contributed by atoms with Gasteiger partial charge in [0, 0.05) is 23.0 Å². The van der Waals surface area contributed by atoms with Crippen molar-refractivity contribution in [1.29, 1.82) is 0 Å². The van der Waals surface area contributed by atoms with E-state index in [4.69, 9.17) is 4.99 Å². The highest BCUT2D eigenvalue weighted by Gasteiger charge is 2.41. The average molecular weight is 659 g/mol. The van der Waals surface area contributed by atoms with E-state index in [-0.39, 0.29) is 17.5 Å². The molecule has 1 unspecified atom stereocenters. The number of benzene rings is 3. The summed E-state index contributed by atoms with van der Waals surface area (Å²) in [7, 11) is 2.03. The quantitative estimate of drug-likeness (QED) is 0.239. The maximum Gasteiger partial charge on any atom is 0.387 e. The van der Waals surface area contributed by atoms with Gasteiger partial charge in [0.25, 0.3) is 0 Å². The summed E-state index contributed by atoms with van der Waals surface area (Å²) in [5.41, 5.74) is 6.65. The molecule has 0 radical (unpaired) electrons. The Morgan fingerprint density at radius 1 is 0.881 bits per heavy atom. The fourth-order valence-corrected chi connectivity index (χ4v) is 6.52. The summed E-state index contributed by atoms with van der Waals surface area (Å²) in [6.45, 7) is -4.52. The zero-order valence-corrected chi connectivity index (χ0v) is 24.6. The number of rotatable bonds is 7. The van der Waals surface area contributed by atoms with E-state index in [9.17, 15) is 17.6 Å². The van der Waals surface area contributed by atoms with Crippen LogP contribution in [0.25, 0.3) is 11.8 Å². The van der Waals surface area contributed by atoms with Crippen LogP contribution in [-0.2, 0) is 0 Å². The van der Waals surface area contributed by atoms with Crippen LogP contribution in [0.15, 0.2) is 105 Å². The number of fused-ring (bicyclic) bond motifs is 1. The second-order valence-corrected chi connectivity index (χ2v) is 11.7. The monoisotopic (exact) mass is 657 g/mol. The van der Waals surface area contributed by atoms with Crippen LogP contribution in [-0.4, -0.2) is 48.3 Å². The lowest BCUT2D eigenvalue weighted by atomic mass is 9.88. The molecule has 0 aromatic heterocycles. The first-order chi connectivity index (χ1) is 20.2. The molecule has 0 bridgehead atoms. The lowest BCUT2D eigenvalue weighted by Gasteiger charge is -2.42. The number of likely N-dealkylation sites (N-methyl/N-ethyl adjacent to an activating group) is 1. The summed E-state index contributed by atoms with van der Waals surface area (Å²) in [5.74, 6) is 0.183. The number of ether oxygens (including phenoxy) is 2. The van der Waals surface area contributed by atoms with Crippen LogP contribution in [0.2, 0.25) is 0 Å². The number of hydrogen-bond acceptors (Lipinski definition) is 6. The Morgan fingerprint density at radius 3 is 2.12 bits per heavy atom. The predicted molar refractivity (Wildman–Crippen MR) is 160 cm³/mol. The van der Waals surface area contributed by atoms with Crippen molar-refractivity contribution in [2.24, 2.45) is 4.99 Å². The van der Waals surface area contributed by atoms with Gasteiger partial charge in [0.15, 0.2) is 5.17 Å². The molecule has 0 aliphatic carbocycles. The van der Waals surface area contributed by atoms with Crippen LogP contribution in [0.3, 0.4) is 0 Å². The number of halogens is 5. The van der Waals surface area contributed by atoms with Gasteiger partial charge in [0.05, 0.1) is 17.4 Å². The van der Waals surface area contributed by atoms with Crippen molar-refractivity contribution in [2.75, 3.05) is 20.1 Å². The highest BCUT2D eigenvalue weighted by Crippen LogP contribution is 2.49. The van der Waals surface area contributed by atoms with Gasteiger partial charge in [-0.05, 0) is 77.4 Å². The third-order valence-corrected chi connectivity index (χ3v) is 8.40. The first-order valence-corrected chi connectivity index (χ1v) is 14.7. The molecule has 3 heterocycles. The highest BCUT2D eigenvalue weighted by atomic mass is 79.9. The van der Waals surface area contributed by atoms with E-state index in [2.05, 4.69) is 40.6 Å². The Balaban J connectivity index is 1.43. The first-order valence-electron chi connectivity index (χ1n) is 13.0. The fourth-order valence-electron chi connectivity index (χ4n) is 5.33. The van der Waals surface area contributed by atoms with Gasteiger partial charge in [0.1, 0.15) is 11.5 Å². The van der Waals surface area contributed by atoms with Crippen LogP contribution >= 0.6 is 27.7 Å². The molecule has 0 saturated carbocycles. The Labute approximate surface area is 252 Å². The van der Waals surface area contributed by atoms with Gasteiger partial charge in [-0.2, -0.15) is 17.6 Å². The molecule has 1 atom stereocenters. The summed E-state index contributed by atoms with van der Waals surface area (Å²) in [6, 6.07) is 21.1. The van der Waals surface area contributed by atoms with Gasteiger partial charge in [-0.3, -0.25) is 4.90 Å². The Morgan fingerprint density at radius 2 is 1.50 bits per heavy atom. The van der Waals surface area contributed by atoms with Crippen molar-refractivity contribution in [2.45, 2.75) is 19.3 Å². The van der Waals surface area contributed by atoms with Crippen molar-refractivity contribution < 1.29 is 27.0 Å². The van der Waals surface area contributed by atoms with Gasteiger partial charge in [0.2, 0.25) is 0 Å². The van der Waals surface area contributed by atoms with Gasteiger partial charge in [-0.15, -0.1) is 0 Å². The topological polar surface area (TPSA) is 37.3 Å². The number of hydrogen-bond donors (Lipinski definition) is 0. The average Bonchev–Trinajstić information content (AvgIpc) is 3.37. The zero-order valence-electron chi connectivity index (χ0n) is 22.2. The molecular weight excluding hydrogens is 634 g/mol. The molecule has 5 nitrogen and oxygen atoms in total. The third-order valence-electron chi connectivity index (χ3n) is 7.03. The Kier molecular flexibility index (Phi) is 8.15. The standard InChI is InChI=1S/C31H24BrF4N3O2S/c1-38-15-21(14-18-2-10-23(11-3-18)40-29(33)34)27-25(16-38)28(20-6-12-24(13-7-20)41-30(35)36)39-26(17-42-31(39)37-27)19-4-8-22(32)9-5-19/h2-14,17,28-30H,15-16H2,1H3/b21-14+. The SMILES string of the molecule is CN1CC2=C(N=C3SC=C(c4ccc(Br)cc4)N3C2c2ccc(OC(F)F)cc2)/C(=C/c2ccc(OC(F)F)cc2)C1. The van der Waals surface area contributed by atoms with E-state index in [1.807, 2.05) is 49.5 Å². The molecule has 0 amide bonds. The molecule has 42 heavy (non-hydrogen) atoms. The molecule has 11 heteroatoms. The Hall–Kier alpha value is -3.54. The minimum absolute atomic E-state index is 0.0905. The van der Waals surface area contributed by atoms with E-state index in [1.165, 1.54) is 23.9 Å². The summed E-state index contributed by atoms with van der Waals surface area (Å²) >= 11 is 5.04. The number of alkyl halides is 4. The van der Waals surface area contributed by atoms with E-state index in [0.717, 1.165) is 48.9 Å².